The average Bonchev–Trinajstić information content (AvgIpc) is 2.57. The van der Waals surface area contributed by atoms with Crippen molar-refractivity contribution < 1.29 is 15.0 Å². The van der Waals surface area contributed by atoms with Gasteiger partial charge < -0.3 is 20.4 Å². The maximum absolute atomic E-state index is 11.6. The predicted octanol–water partition coefficient (Wildman–Crippen LogP) is 2.93. The van der Waals surface area contributed by atoms with E-state index in [0.717, 1.165) is 37.1 Å². The summed E-state index contributed by atoms with van der Waals surface area (Å²) in [6.45, 7) is 7.05. The maximum atomic E-state index is 11.6. The van der Waals surface area contributed by atoms with Crippen LogP contribution in [0.25, 0.3) is 10.9 Å². The van der Waals surface area contributed by atoms with Crippen molar-refractivity contribution in [2.75, 3.05) is 25.0 Å². The normalized spacial score (nSPS) is 12.5. The van der Waals surface area contributed by atoms with E-state index < -0.39 is 12.0 Å². The van der Waals surface area contributed by atoms with Crippen molar-refractivity contribution in [3.05, 3.63) is 30.5 Å². The number of hydrogen-bond acceptors (Lipinski definition) is 5. The first-order valence-corrected chi connectivity index (χ1v) is 8.34. The minimum Gasteiger partial charge on any atom is -0.508 e. The lowest BCUT2D eigenvalue weighted by atomic mass is 10.1. The van der Waals surface area contributed by atoms with Crippen molar-refractivity contribution in [2.24, 2.45) is 0 Å². The van der Waals surface area contributed by atoms with Crippen LogP contribution in [0.15, 0.2) is 30.5 Å². The highest BCUT2D eigenvalue weighted by molar-refractivity contribution is 5.93. The van der Waals surface area contributed by atoms with Crippen molar-refractivity contribution in [2.45, 2.75) is 32.7 Å². The van der Waals surface area contributed by atoms with Crippen LogP contribution in [0.2, 0.25) is 0 Å². The van der Waals surface area contributed by atoms with Gasteiger partial charge in [-0.1, -0.05) is 13.8 Å². The highest BCUT2D eigenvalue weighted by Gasteiger charge is 2.18. The number of rotatable bonds is 9. The molecule has 3 N–H and O–H groups in total. The van der Waals surface area contributed by atoms with Crippen LogP contribution >= 0.6 is 0 Å². The zero-order valence-electron chi connectivity index (χ0n) is 14.2. The quantitative estimate of drug-likeness (QED) is 0.655. The molecule has 6 heteroatoms. The van der Waals surface area contributed by atoms with E-state index >= 15 is 0 Å². The second-order valence-electron chi connectivity index (χ2n) is 5.76. The minimum atomic E-state index is -0.863. The lowest BCUT2D eigenvalue weighted by Gasteiger charge is -2.21. The van der Waals surface area contributed by atoms with Crippen LogP contribution in [0, 0.1) is 0 Å². The highest BCUT2D eigenvalue weighted by Crippen LogP contribution is 2.25. The Morgan fingerprint density at radius 2 is 2.04 bits per heavy atom. The Morgan fingerprint density at radius 3 is 2.71 bits per heavy atom. The molecule has 1 aromatic heterocycles. The van der Waals surface area contributed by atoms with E-state index in [-0.39, 0.29) is 5.75 Å². The van der Waals surface area contributed by atoms with Gasteiger partial charge in [0, 0.05) is 23.3 Å². The van der Waals surface area contributed by atoms with Crippen LogP contribution in [0.3, 0.4) is 0 Å². The molecule has 0 saturated carbocycles. The van der Waals surface area contributed by atoms with Gasteiger partial charge in [-0.05, 0) is 50.7 Å². The summed E-state index contributed by atoms with van der Waals surface area (Å²) in [6.07, 6.45) is 2.97. The van der Waals surface area contributed by atoms with Crippen molar-refractivity contribution >= 4 is 22.6 Å². The third-order valence-electron chi connectivity index (χ3n) is 4.22. The number of aliphatic carboxylic acids is 1. The van der Waals surface area contributed by atoms with Crippen LogP contribution in [0.4, 0.5) is 5.69 Å². The summed E-state index contributed by atoms with van der Waals surface area (Å²) in [5.41, 5.74) is 1.35. The summed E-state index contributed by atoms with van der Waals surface area (Å²) in [4.78, 5) is 18.1. The average molecular weight is 331 g/mol. The van der Waals surface area contributed by atoms with E-state index in [1.165, 1.54) is 0 Å². The van der Waals surface area contributed by atoms with Gasteiger partial charge in [-0.2, -0.15) is 0 Å². The van der Waals surface area contributed by atoms with Gasteiger partial charge in [0.15, 0.2) is 0 Å². The molecule has 1 heterocycles. The fraction of sp³-hybridized carbons (Fsp3) is 0.444. The Bertz CT molecular complexity index is 686. The van der Waals surface area contributed by atoms with Gasteiger partial charge in [0.25, 0.3) is 0 Å². The fourth-order valence-electron chi connectivity index (χ4n) is 2.77. The second kappa shape index (κ2) is 8.49. The molecule has 0 fully saturated rings. The van der Waals surface area contributed by atoms with Crippen molar-refractivity contribution in [3.8, 4) is 5.75 Å². The third-order valence-corrected chi connectivity index (χ3v) is 4.22. The molecular formula is C18H25N3O3. The number of nitrogens with zero attached hydrogens (tertiary/aromatic N) is 2. The number of nitrogens with one attached hydrogen (secondary N) is 1. The van der Waals surface area contributed by atoms with Crippen LogP contribution in [0.5, 0.6) is 5.75 Å². The smallest absolute Gasteiger partial charge is 0.326 e. The van der Waals surface area contributed by atoms with E-state index in [4.69, 9.17) is 0 Å². The zero-order valence-corrected chi connectivity index (χ0v) is 14.2. The summed E-state index contributed by atoms with van der Waals surface area (Å²) < 4.78 is 0. The molecule has 0 aliphatic carbocycles. The summed E-state index contributed by atoms with van der Waals surface area (Å²) in [7, 11) is 0. The molecule has 1 unspecified atom stereocenters. The Hall–Kier alpha value is -2.34. The number of aromatic hydroxyl groups is 1. The van der Waals surface area contributed by atoms with E-state index in [9.17, 15) is 15.0 Å². The molecular weight excluding hydrogens is 306 g/mol. The van der Waals surface area contributed by atoms with E-state index in [1.807, 2.05) is 0 Å². The molecule has 0 aliphatic heterocycles. The standard InChI is InChI=1S/C18H25N3O3/c1-3-21(4-2)11-5-6-16(18(23)24)20-15-9-10-19-17-12-13(22)7-8-14(15)17/h7-10,12,16,22H,3-6,11H2,1-2H3,(H,19,20)(H,23,24). The first-order valence-electron chi connectivity index (χ1n) is 8.34. The molecule has 6 nitrogen and oxygen atoms in total. The van der Waals surface area contributed by atoms with E-state index in [2.05, 4.69) is 29.0 Å². The molecule has 0 radical (unpaired) electrons. The lowest BCUT2D eigenvalue weighted by Crippen LogP contribution is -2.31. The van der Waals surface area contributed by atoms with Crippen LogP contribution in [0.1, 0.15) is 26.7 Å². The molecule has 2 rings (SSSR count). The summed E-state index contributed by atoms with van der Waals surface area (Å²) in [5, 5.41) is 23.0. The Balaban J connectivity index is 2.09. The van der Waals surface area contributed by atoms with Crippen molar-refractivity contribution in [1.82, 2.24) is 9.88 Å². The topological polar surface area (TPSA) is 85.7 Å². The summed E-state index contributed by atoms with van der Waals surface area (Å²) in [6, 6.07) is 6.00. The molecule has 0 saturated heterocycles. The molecule has 0 spiro atoms. The number of carboxylic acids is 1. The van der Waals surface area contributed by atoms with Crippen molar-refractivity contribution in [1.29, 1.82) is 0 Å². The molecule has 2 aromatic rings. The highest BCUT2D eigenvalue weighted by atomic mass is 16.4. The molecule has 0 aliphatic rings. The third kappa shape index (κ3) is 4.58. The zero-order chi connectivity index (χ0) is 17.5. The Morgan fingerprint density at radius 1 is 1.29 bits per heavy atom. The number of fused-ring (bicyclic) bond motifs is 1. The SMILES string of the molecule is CCN(CC)CCCC(Nc1ccnc2cc(O)ccc12)C(=O)O. The number of hydrogen-bond donors (Lipinski definition) is 3. The van der Waals surface area contributed by atoms with Gasteiger partial charge in [-0.25, -0.2) is 4.79 Å². The number of anilines is 1. The monoisotopic (exact) mass is 331 g/mol. The first-order chi connectivity index (χ1) is 11.5. The number of benzene rings is 1. The van der Waals surface area contributed by atoms with Crippen LogP contribution in [-0.4, -0.2) is 51.7 Å². The number of carboxylic acid groups (broad SMARTS) is 1. The first kappa shape index (κ1) is 18.0. The molecule has 130 valence electrons. The summed E-state index contributed by atoms with van der Waals surface area (Å²) in [5.74, 6) is -0.723. The van der Waals surface area contributed by atoms with E-state index in [0.29, 0.717) is 11.9 Å². The van der Waals surface area contributed by atoms with Gasteiger partial charge >= 0.3 is 5.97 Å². The van der Waals surface area contributed by atoms with Crippen molar-refractivity contribution in [3.63, 3.8) is 0 Å². The lowest BCUT2D eigenvalue weighted by molar-refractivity contribution is -0.138. The number of phenols is 1. The second-order valence-corrected chi connectivity index (χ2v) is 5.76. The van der Waals surface area contributed by atoms with Gasteiger partial charge in [-0.3, -0.25) is 4.98 Å². The molecule has 0 bridgehead atoms. The number of aromatic nitrogens is 1. The van der Waals surface area contributed by atoms with Gasteiger partial charge in [-0.15, -0.1) is 0 Å². The van der Waals surface area contributed by atoms with Crippen LogP contribution in [-0.2, 0) is 4.79 Å². The Kier molecular flexibility index (Phi) is 6.37. The van der Waals surface area contributed by atoms with Gasteiger partial charge in [0.1, 0.15) is 11.8 Å². The van der Waals surface area contributed by atoms with Crippen LogP contribution < -0.4 is 5.32 Å². The number of pyridine rings is 1. The van der Waals surface area contributed by atoms with Gasteiger partial charge in [0.05, 0.1) is 5.52 Å². The minimum absolute atomic E-state index is 0.140. The predicted molar refractivity (Wildman–Crippen MR) is 95.5 cm³/mol. The molecule has 24 heavy (non-hydrogen) atoms. The van der Waals surface area contributed by atoms with Gasteiger partial charge in [0.2, 0.25) is 0 Å². The molecule has 1 aromatic carbocycles. The fourth-order valence-corrected chi connectivity index (χ4v) is 2.77. The number of carbonyl (C=O) groups is 1. The largest absolute Gasteiger partial charge is 0.508 e. The van der Waals surface area contributed by atoms with E-state index in [1.54, 1.807) is 30.5 Å². The molecule has 0 amide bonds. The number of phenolic OH excluding ortho intramolecular Hbond substituents is 1. The Labute approximate surface area is 142 Å². The molecule has 1 atom stereocenters. The summed E-state index contributed by atoms with van der Waals surface area (Å²) >= 11 is 0. The maximum Gasteiger partial charge on any atom is 0.326 e.